The highest BCUT2D eigenvalue weighted by Crippen LogP contribution is 2.35. The van der Waals surface area contributed by atoms with Gasteiger partial charge in [0.25, 0.3) is 0 Å². The number of rotatable bonds is 4. The lowest BCUT2D eigenvalue weighted by Crippen LogP contribution is -2.44. The monoisotopic (exact) mass is 454 g/mol. The SMILES string of the molecule is Fc1ccc(Cn2c(N3CCNCC3)nc3c(-c4ccccc4Cl)cccc32)cc1Cl. The molecule has 0 radical (unpaired) electrons. The maximum atomic E-state index is 13.7. The van der Waals surface area contributed by atoms with Gasteiger partial charge in [0.2, 0.25) is 5.95 Å². The molecule has 0 bridgehead atoms. The van der Waals surface area contributed by atoms with Gasteiger partial charge in [-0.1, -0.05) is 59.6 Å². The van der Waals surface area contributed by atoms with Crippen LogP contribution in [-0.4, -0.2) is 35.7 Å². The van der Waals surface area contributed by atoms with Crippen molar-refractivity contribution >= 4 is 40.2 Å². The van der Waals surface area contributed by atoms with Crippen LogP contribution < -0.4 is 10.2 Å². The molecule has 0 spiro atoms. The molecule has 158 valence electrons. The number of halogens is 3. The van der Waals surface area contributed by atoms with Crippen molar-refractivity contribution in [2.45, 2.75) is 6.54 Å². The Morgan fingerprint density at radius 2 is 1.68 bits per heavy atom. The van der Waals surface area contributed by atoms with Crippen LogP contribution in [0.15, 0.2) is 60.7 Å². The zero-order valence-corrected chi connectivity index (χ0v) is 18.3. The standard InChI is InChI=1S/C24H21Cl2FN4/c25-19-6-2-1-4-17(19)18-5-3-7-22-23(18)29-24(30-12-10-28-11-13-30)31(22)15-16-8-9-21(27)20(26)14-16/h1-9,14,28H,10-13,15H2. The fourth-order valence-electron chi connectivity index (χ4n) is 4.11. The molecule has 4 nitrogen and oxygen atoms in total. The first-order valence-electron chi connectivity index (χ1n) is 10.3. The predicted octanol–water partition coefficient (Wildman–Crippen LogP) is 5.61. The number of hydrogen-bond acceptors (Lipinski definition) is 3. The molecule has 1 fully saturated rings. The number of anilines is 1. The van der Waals surface area contributed by atoms with Crippen LogP contribution in [0, 0.1) is 5.82 Å². The zero-order valence-electron chi connectivity index (χ0n) is 16.8. The molecule has 0 atom stereocenters. The number of aromatic nitrogens is 2. The van der Waals surface area contributed by atoms with Crippen molar-refractivity contribution in [1.29, 1.82) is 0 Å². The fraction of sp³-hybridized carbons (Fsp3) is 0.208. The van der Waals surface area contributed by atoms with Crippen molar-refractivity contribution < 1.29 is 4.39 Å². The normalized spacial score (nSPS) is 14.4. The van der Waals surface area contributed by atoms with E-state index < -0.39 is 5.82 Å². The number of benzene rings is 3. The van der Waals surface area contributed by atoms with Crippen LogP contribution in [0.3, 0.4) is 0 Å². The Kier molecular flexibility index (Phi) is 5.57. The van der Waals surface area contributed by atoms with Gasteiger partial charge in [-0.2, -0.15) is 0 Å². The van der Waals surface area contributed by atoms with Crippen LogP contribution in [0.1, 0.15) is 5.56 Å². The smallest absolute Gasteiger partial charge is 0.206 e. The van der Waals surface area contributed by atoms with Crippen LogP contribution >= 0.6 is 23.2 Å². The molecule has 1 aromatic heterocycles. The van der Waals surface area contributed by atoms with Crippen molar-refractivity contribution in [2.75, 3.05) is 31.1 Å². The Balaban J connectivity index is 1.69. The summed E-state index contributed by atoms with van der Waals surface area (Å²) in [5.41, 5.74) is 4.78. The van der Waals surface area contributed by atoms with Gasteiger partial charge in [-0.05, 0) is 29.8 Å². The third-order valence-electron chi connectivity index (χ3n) is 5.65. The van der Waals surface area contributed by atoms with E-state index in [0.717, 1.165) is 59.9 Å². The van der Waals surface area contributed by atoms with Crippen molar-refractivity contribution in [3.63, 3.8) is 0 Å². The summed E-state index contributed by atoms with van der Waals surface area (Å²) in [6.45, 7) is 4.09. The van der Waals surface area contributed by atoms with Crippen LogP contribution in [0.25, 0.3) is 22.2 Å². The zero-order chi connectivity index (χ0) is 21.4. The second kappa shape index (κ2) is 8.50. The van der Waals surface area contributed by atoms with E-state index in [1.807, 2.05) is 30.3 Å². The molecule has 3 aromatic carbocycles. The van der Waals surface area contributed by atoms with Gasteiger partial charge in [-0.15, -0.1) is 0 Å². The van der Waals surface area contributed by atoms with Gasteiger partial charge in [-0.25, -0.2) is 9.37 Å². The fourth-order valence-corrected chi connectivity index (χ4v) is 4.56. The molecule has 1 saturated heterocycles. The molecule has 0 saturated carbocycles. The van der Waals surface area contributed by atoms with Gasteiger partial charge in [0.1, 0.15) is 5.82 Å². The maximum Gasteiger partial charge on any atom is 0.206 e. The van der Waals surface area contributed by atoms with Gasteiger partial charge < -0.3 is 14.8 Å². The highest BCUT2D eigenvalue weighted by Gasteiger charge is 2.21. The summed E-state index contributed by atoms with van der Waals surface area (Å²) in [5.74, 6) is 0.487. The summed E-state index contributed by atoms with van der Waals surface area (Å²) in [6.07, 6.45) is 0. The van der Waals surface area contributed by atoms with Crippen LogP contribution in [0.2, 0.25) is 10.0 Å². The molecule has 1 aliphatic rings. The Labute approximate surface area is 190 Å². The van der Waals surface area contributed by atoms with Gasteiger partial charge >= 0.3 is 0 Å². The highest BCUT2D eigenvalue weighted by atomic mass is 35.5. The minimum atomic E-state index is -0.413. The first-order valence-corrected chi connectivity index (χ1v) is 11.0. The van der Waals surface area contributed by atoms with Crippen LogP contribution in [0.4, 0.5) is 10.3 Å². The summed E-state index contributed by atoms with van der Waals surface area (Å²) < 4.78 is 15.9. The lowest BCUT2D eigenvalue weighted by Gasteiger charge is -2.29. The predicted molar refractivity (Wildman–Crippen MR) is 126 cm³/mol. The minimum Gasteiger partial charge on any atom is -0.340 e. The van der Waals surface area contributed by atoms with E-state index in [-0.39, 0.29) is 5.02 Å². The molecule has 0 aliphatic carbocycles. The molecule has 7 heteroatoms. The molecule has 1 aliphatic heterocycles. The molecule has 0 amide bonds. The average Bonchev–Trinajstić information content (AvgIpc) is 3.16. The lowest BCUT2D eigenvalue weighted by atomic mass is 10.0. The largest absolute Gasteiger partial charge is 0.340 e. The topological polar surface area (TPSA) is 33.1 Å². The van der Waals surface area contributed by atoms with E-state index in [1.54, 1.807) is 12.1 Å². The Morgan fingerprint density at radius 1 is 0.903 bits per heavy atom. The Hall–Kier alpha value is -2.60. The van der Waals surface area contributed by atoms with E-state index in [9.17, 15) is 4.39 Å². The molecule has 31 heavy (non-hydrogen) atoms. The number of para-hydroxylation sites is 1. The summed E-state index contributed by atoms with van der Waals surface area (Å²) >= 11 is 12.6. The third-order valence-corrected chi connectivity index (χ3v) is 6.27. The Bertz CT molecular complexity index is 1250. The number of nitrogens with one attached hydrogen (secondary N) is 1. The van der Waals surface area contributed by atoms with E-state index in [4.69, 9.17) is 28.2 Å². The summed E-state index contributed by atoms with van der Waals surface area (Å²) in [5, 5.41) is 4.21. The van der Waals surface area contributed by atoms with Gasteiger partial charge in [0, 0.05) is 42.3 Å². The lowest BCUT2D eigenvalue weighted by molar-refractivity contribution is 0.571. The van der Waals surface area contributed by atoms with Crippen LogP contribution in [0.5, 0.6) is 0 Å². The third kappa shape index (κ3) is 3.89. The number of hydrogen-bond donors (Lipinski definition) is 1. The van der Waals surface area contributed by atoms with E-state index >= 15 is 0 Å². The molecule has 1 N–H and O–H groups in total. The summed E-state index contributed by atoms with van der Waals surface area (Å²) in [7, 11) is 0. The highest BCUT2D eigenvalue weighted by molar-refractivity contribution is 6.33. The minimum absolute atomic E-state index is 0.127. The molecule has 5 rings (SSSR count). The Morgan fingerprint density at radius 3 is 2.45 bits per heavy atom. The average molecular weight is 455 g/mol. The second-order valence-electron chi connectivity index (χ2n) is 7.64. The second-order valence-corrected chi connectivity index (χ2v) is 8.45. The molecule has 4 aromatic rings. The van der Waals surface area contributed by atoms with Gasteiger partial charge in [-0.3, -0.25) is 0 Å². The van der Waals surface area contributed by atoms with Crippen molar-refractivity contribution in [3.05, 3.63) is 82.1 Å². The van der Waals surface area contributed by atoms with Gasteiger partial charge in [0.15, 0.2) is 0 Å². The van der Waals surface area contributed by atoms with Gasteiger partial charge in [0.05, 0.1) is 22.6 Å². The maximum absolute atomic E-state index is 13.7. The number of imidazole rings is 1. The van der Waals surface area contributed by atoms with Crippen molar-refractivity contribution in [3.8, 4) is 11.1 Å². The molecule has 2 heterocycles. The number of piperazine rings is 1. The first-order chi connectivity index (χ1) is 15.1. The molecular formula is C24H21Cl2FN4. The summed E-state index contributed by atoms with van der Waals surface area (Å²) in [4.78, 5) is 7.38. The summed E-state index contributed by atoms with van der Waals surface area (Å²) in [6, 6.07) is 18.8. The molecular weight excluding hydrogens is 434 g/mol. The van der Waals surface area contributed by atoms with E-state index in [1.165, 1.54) is 6.07 Å². The van der Waals surface area contributed by atoms with Crippen molar-refractivity contribution in [2.24, 2.45) is 0 Å². The molecule has 0 unspecified atom stereocenters. The number of nitrogens with zero attached hydrogens (tertiary/aromatic N) is 3. The number of fused-ring (bicyclic) bond motifs is 1. The quantitative estimate of drug-likeness (QED) is 0.435. The first kappa shape index (κ1) is 20.3. The van der Waals surface area contributed by atoms with Crippen LogP contribution in [-0.2, 0) is 6.54 Å². The van der Waals surface area contributed by atoms with Crippen molar-refractivity contribution in [1.82, 2.24) is 14.9 Å². The van der Waals surface area contributed by atoms with E-state index in [2.05, 4.69) is 26.9 Å². The van der Waals surface area contributed by atoms with E-state index in [0.29, 0.717) is 11.6 Å².